The molecule has 0 aromatic heterocycles. The van der Waals surface area contributed by atoms with E-state index in [0.717, 1.165) is 0 Å². The Morgan fingerprint density at radius 2 is 1.57 bits per heavy atom. The molecule has 0 heterocycles. The van der Waals surface area contributed by atoms with Crippen molar-refractivity contribution in [3.8, 4) is 0 Å². The van der Waals surface area contributed by atoms with E-state index in [4.69, 9.17) is 11.6 Å². The lowest BCUT2D eigenvalue weighted by molar-refractivity contribution is -0.114. The van der Waals surface area contributed by atoms with Crippen LogP contribution < -0.4 is 9.62 Å². The molecule has 0 atom stereocenters. The summed E-state index contributed by atoms with van der Waals surface area (Å²) in [6, 6.07) is 6.16. The predicted octanol–water partition coefficient (Wildman–Crippen LogP) is 5.21. The number of nitrogens with zero attached hydrogens (tertiary/aromatic N) is 1. The molecule has 0 aliphatic heterocycles. The molecular formula is C18H18ClF3N2O3S. The third kappa shape index (κ3) is 4.10. The van der Waals surface area contributed by atoms with E-state index < -0.39 is 21.4 Å². The fourth-order valence-electron chi connectivity index (χ4n) is 2.65. The van der Waals surface area contributed by atoms with E-state index >= 15 is 0 Å². The smallest absolute Gasteiger partial charge is 0.326 e. The molecule has 0 saturated heterocycles. The number of halogens is 4. The highest BCUT2D eigenvalue weighted by atomic mass is 35.5. The molecule has 0 unspecified atom stereocenters. The maximum Gasteiger partial charge on any atom is 0.517 e. The molecule has 10 heteroatoms. The van der Waals surface area contributed by atoms with Crippen molar-refractivity contribution in [2.75, 3.05) is 9.62 Å². The topological polar surface area (TPSA) is 66.5 Å². The Hall–Kier alpha value is -2.26. The van der Waals surface area contributed by atoms with Crippen molar-refractivity contribution in [3.05, 3.63) is 52.0 Å². The lowest BCUT2D eigenvalue weighted by Crippen LogP contribution is -2.38. The molecule has 0 fully saturated rings. The normalized spacial score (nSPS) is 12.0. The molecule has 1 N–H and O–H groups in total. The van der Waals surface area contributed by atoms with Crippen molar-refractivity contribution >= 4 is 44.6 Å². The minimum atomic E-state index is -5.78. The van der Waals surface area contributed by atoms with Crippen LogP contribution >= 0.6 is 11.6 Å². The second-order valence-corrected chi connectivity index (χ2v) is 8.41. The van der Waals surface area contributed by atoms with Gasteiger partial charge in [0, 0.05) is 17.6 Å². The van der Waals surface area contributed by atoms with Gasteiger partial charge < -0.3 is 5.32 Å². The van der Waals surface area contributed by atoms with Gasteiger partial charge in [-0.15, -0.1) is 0 Å². The highest BCUT2D eigenvalue weighted by Gasteiger charge is 2.51. The summed E-state index contributed by atoms with van der Waals surface area (Å²) in [4.78, 5) is 11.5. The quantitative estimate of drug-likeness (QED) is 0.718. The number of rotatable bonds is 4. The van der Waals surface area contributed by atoms with Crippen molar-refractivity contribution in [1.82, 2.24) is 0 Å². The first-order chi connectivity index (χ1) is 12.8. The van der Waals surface area contributed by atoms with Gasteiger partial charge in [0.25, 0.3) is 0 Å². The van der Waals surface area contributed by atoms with E-state index in [1.165, 1.54) is 44.2 Å². The highest BCUT2D eigenvalue weighted by Crippen LogP contribution is 2.41. The molecule has 28 heavy (non-hydrogen) atoms. The average Bonchev–Trinajstić information content (AvgIpc) is 2.57. The molecule has 152 valence electrons. The van der Waals surface area contributed by atoms with Gasteiger partial charge in [0.05, 0.1) is 11.4 Å². The first kappa shape index (κ1) is 22.0. The van der Waals surface area contributed by atoms with Gasteiger partial charge in [0.1, 0.15) is 0 Å². The van der Waals surface area contributed by atoms with Crippen LogP contribution in [0.3, 0.4) is 0 Å². The molecule has 0 radical (unpaired) electrons. The number of amides is 1. The second-order valence-electron chi connectivity index (χ2n) is 6.19. The van der Waals surface area contributed by atoms with Gasteiger partial charge in [-0.25, -0.2) is 4.31 Å². The van der Waals surface area contributed by atoms with E-state index in [1.54, 1.807) is 13.8 Å². The molecule has 1 amide bonds. The van der Waals surface area contributed by atoms with E-state index in [9.17, 15) is 26.4 Å². The van der Waals surface area contributed by atoms with Crippen LogP contribution in [0.5, 0.6) is 0 Å². The number of hydrogen-bond donors (Lipinski definition) is 1. The van der Waals surface area contributed by atoms with Crippen LogP contribution in [0, 0.1) is 20.8 Å². The Kier molecular flexibility index (Phi) is 6.01. The van der Waals surface area contributed by atoms with Gasteiger partial charge in [-0.3, -0.25) is 4.79 Å². The fraction of sp³-hybridized carbons (Fsp3) is 0.278. The number of carbonyl (C=O) groups excluding carboxylic acids is 1. The van der Waals surface area contributed by atoms with Crippen molar-refractivity contribution in [3.63, 3.8) is 0 Å². The number of nitrogens with one attached hydrogen (secondary N) is 1. The number of anilines is 3. The minimum absolute atomic E-state index is 0.216. The summed E-state index contributed by atoms with van der Waals surface area (Å²) in [7, 11) is -5.78. The Morgan fingerprint density at radius 1 is 1.04 bits per heavy atom. The molecule has 0 spiro atoms. The highest BCUT2D eigenvalue weighted by molar-refractivity contribution is 7.94. The lowest BCUT2D eigenvalue weighted by atomic mass is 10.00. The van der Waals surface area contributed by atoms with Gasteiger partial charge >= 0.3 is 15.5 Å². The summed E-state index contributed by atoms with van der Waals surface area (Å²) >= 11 is 5.79. The zero-order valence-electron chi connectivity index (χ0n) is 15.5. The molecule has 2 aromatic carbocycles. The first-order valence-corrected chi connectivity index (χ1v) is 9.84. The minimum Gasteiger partial charge on any atom is -0.326 e. The molecule has 0 aliphatic rings. The van der Waals surface area contributed by atoms with Gasteiger partial charge in [0.15, 0.2) is 0 Å². The second kappa shape index (κ2) is 7.63. The van der Waals surface area contributed by atoms with Gasteiger partial charge in [-0.05, 0) is 67.8 Å². The fourth-order valence-corrected chi connectivity index (χ4v) is 3.83. The molecular weight excluding hydrogens is 417 g/mol. The lowest BCUT2D eigenvalue weighted by Gasteiger charge is -2.29. The third-order valence-electron chi connectivity index (χ3n) is 4.32. The molecule has 0 bridgehead atoms. The maximum absolute atomic E-state index is 13.4. The summed E-state index contributed by atoms with van der Waals surface area (Å²) in [5.74, 6) is -0.436. The number of alkyl halides is 3. The number of hydrogen-bond acceptors (Lipinski definition) is 3. The zero-order chi connectivity index (χ0) is 21.4. The number of benzene rings is 2. The Balaban J connectivity index is 2.86. The Labute approximate surface area is 166 Å². The van der Waals surface area contributed by atoms with Crippen molar-refractivity contribution in [2.24, 2.45) is 0 Å². The molecule has 2 aromatic rings. The first-order valence-electron chi connectivity index (χ1n) is 8.03. The van der Waals surface area contributed by atoms with E-state index in [0.29, 0.717) is 16.7 Å². The van der Waals surface area contributed by atoms with Crippen LogP contribution in [-0.2, 0) is 14.8 Å². The molecule has 0 aliphatic carbocycles. The summed E-state index contributed by atoms with van der Waals surface area (Å²) < 4.78 is 65.3. The van der Waals surface area contributed by atoms with Crippen molar-refractivity contribution in [1.29, 1.82) is 0 Å². The SMILES string of the molecule is CC(=O)Nc1cc(N(c2ccc(Cl)cc2)S(=O)(=O)C(F)(F)F)c(C)c(C)c1C. The Morgan fingerprint density at radius 3 is 2.04 bits per heavy atom. The van der Waals surface area contributed by atoms with Crippen LogP contribution in [0.15, 0.2) is 30.3 Å². The summed E-state index contributed by atoms with van der Waals surface area (Å²) in [6.07, 6.45) is 0. The number of carbonyl (C=O) groups is 1. The van der Waals surface area contributed by atoms with E-state index in [2.05, 4.69) is 5.32 Å². The van der Waals surface area contributed by atoms with Crippen LogP contribution in [0.2, 0.25) is 5.02 Å². The van der Waals surface area contributed by atoms with Crippen molar-refractivity contribution in [2.45, 2.75) is 33.2 Å². The van der Waals surface area contributed by atoms with E-state index in [-0.39, 0.29) is 26.4 Å². The Bertz CT molecular complexity index is 1020. The maximum atomic E-state index is 13.4. The zero-order valence-corrected chi connectivity index (χ0v) is 17.1. The van der Waals surface area contributed by atoms with Crippen LogP contribution in [-0.4, -0.2) is 19.8 Å². The van der Waals surface area contributed by atoms with Gasteiger partial charge in [0.2, 0.25) is 5.91 Å². The summed E-state index contributed by atoms with van der Waals surface area (Å²) in [6.45, 7) is 6.09. The predicted molar refractivity (Wildman–Crippen MR) is 104 cm³/mol. The third-order valence-corrected chi connectivity index (χ3v) is 6.04. The molecule has 0 saturated carbocycles. The van der Waals surface area contributed by atoms with Gasteiger partial charge in [-0.1, -0.05) is 11.6 Å². The monoisotopic (exact) mass is 434 g/mol. The number of sulfonamides is 1. The standard InChI is InChI=1S/C18H18ClF3N2O3S/c1-10-11(2)16(23-13(4)25)9-17(12(10)3)24(28(26,27)18(20,21)22)15-7-5-14(19)6-8-15/h5-9H,1-4H3,(H,23,25). The average molecular weight is 435 g/mol. The van der Waals surface area contributed by atoms with Crippen molar-refractivity contribution < 1.29 is 26.4 Å². The molecule has 2 rings (SSSR count). The van der Waals surface area contributed by atoms with Crippen LogP contribution in [0.1, 0.15) is 23.6 Å². The van der Waals surface area contributed by atoms with E-state index in [1.807, 2.05) is 0 Å². The molecule has 5 nitrogen and oxygen atoms in total. The summed E-state index contributed by atoms with van der Waals surface area (Å²) in [5.41, 5.74) is -4.26. The summed E-state index contributed by atoms with van der Waals surface area (Å²) in [5, 5.41) is 2.76. The van der Waals surface area contributed by atoms with Crippen LogP contribution in [0.25, 0.3) is 0 Å². The van der Waals surface area contributed by atoms with Gasteiger partial charge in [-0.2, -0.15) is 21.6 Å². The van der Waals surface area contributed by atoms with Crippen LogP contribution in [0.4, 0.5) is 30.2 Å². The largest absolute Gasteiger partial charge is 0.517 e.